The Kier molecular flexibility index (Phi) is 3.88. The number of hydrogen-bond donors (Lipinski definition) is 0. The molecule has 0 aromatic heterocycles. The number of anilines is 1. The monoisotopic (exact) mass is 319 g/mol. The third-order valence-corrected chi connectivity index (χ3v) is 4.25. The van der Waals surface area contributed by atoms with Crippen molar-refractivity contribution < 1.29 is 18.0 Å². The van der Waals surface area contributed by atoms with E-state index in [4.69, 9.17) is 0 Å². The van der Waals surface area contributed by atoms with Crippen molar-refractivity contribution >= 4 is 11.6 Å². The summed E-state index contributed by atoms with van der Waals surface area (Å²) in [7, 11) is 1.66. The molecular weight excluding hydrogens is 303 g/mol. The molecule has 1 amide bonds. The number of hydrogen-bond acceptors (Lipinski definition) is 1. The van der Waals surface area contributed by atoms with Crippen LogP contribution in [0.1, 0.15) is 23.5 Å². The number of carbonyl (C=O) groups is 1. The van der Waals surface area contributed by atoms with Crippen LogP contribution in [-0.4, -0.2) is 13.0 Å². The number of amides is 1. The van der Waals surface area contributed by atoms with Crippen molar-refractivity contribution in [1.82, 2.24) is 0 Å². The predicted octanol–water partition coefficient (Wildman–Crippen LogP) is 4.47. The molecule has 1 saturated carbocycles. The molecule has 3 rings (SSSR count). The summed E-state index contributed by atoms with van der Waals surface area (Å²) in [6, 6.07) is 14.6. The van der Waals surface area contributed by atoms with Crippen molar-refractivity contribution in [1.29, 1.82) is 0 Å². The Labute approximate surface area is 132 Å². The minimum atomic E-state index is -4.39. The van der Waals surface area contributed by atoms with Crippen molar-refractivity contribution in [3.8, 4) is 0 Å². The first-order valence-electron chi connectivity index (χ1n) is 7.38. The van der Waals surface area contributed by atoms with E-state index < -0.39 is 11.7 Å². The van der Waals surface area contributed by atoms with Gasteiger partial charge in [-0.1, -0.05) is 36.4 Å². The number of nitrogens with zero attached hydrogens (tertiary/aromatic N) is 1. The fraction of sp³-hybridized carbons (Fsp3) is 0.278. The van der Waals surface area contributed by atoms with Gasteiger partial charge in [0, 0.05) is 18.7 Å². The molecule has 0 aliphatic heterocycles. The van der Waals surface area contributed by atoms with Gasteiger partial charge in [0.25, 0.3) is 0 Å². The van der Waals surface area contributed by atoms with Gasteiger partial charge in [-0.15, -0.1) is 0 Å². The molecule has 120 valence electrons. The van der Waals surface area contributed by atoms with Crippen molar-refractivity contribution in [3.63, 3.8) is 0 Å². The zero-order valence-corrected chi connectivity index (χ0v) is 12.5. The van der Waals surface area contributed by atoms with Gasteiger partial charge in [-0.05, 0) is 36.1 Å². The average Bonchev–Trinajstić information content (AvgIpc) is 3.34. The Balaban J connectivity index is 1.79. The van der Waals surface area contributed by atoms with E-state index in [2.05, 4.69) is 0 Å². The summed E-state index contributed by atoms with van der Waals surface area (Å²) in [4.78, 5) is 14.0. The fourth-order valence-electron chi connectivity index (χ4n) is 2.92. The first kappa shape index (κ1) is 15.6. The molecule has 2 aromatic carbocycles. The van der Waals surface area contributed by atoms with Crippen LogP contribution in [0.2, 0.25) is 0 Å². The number of carbonyl (C=O) groups excluding carboxylic acids is 1. The van der Waals surface area contributed by atoms with Crippen molar-refractivity contribution in [2.24, 2.45) is 5.92 Å². The van der Waals surface area contributed by atoms with E-state index in [0.717, 1.165) is 11.8 Å². The maximum atomic E-state index is 13.1. The molecule has 2 atom stereocenters. The van der Waals surface area contributed by atoms with Gasteiger partial charge in [0.05, 0.1) is 5.56 Å². The fourth-order valence-corrected chi connectivity index (χ4v) is 2.92. The van der Waals surface area contributed by atoms with E-state index in [9.17, 15) is 18.0 Å². The second-order valence-corrected chi connectivity index (χ2v) is 5.77. The van der Waals surface area contributed by atoms with Crippen LogP contribution in [0.25, 0.3) is 0 Å². The molecule has 1 aliphatic carbocycles. The number of rotatable bonds is 3. The van der Waals surface area contributed by atoms with E-state index in [1.807, 2.05) is 18.2 Å². The van der Waals surface area contributed by atoms with Crippen LogP contribution in [-0.2, 0) is 11.0 Å². The summed E-state index contributed by atoms with van der Waals surface area (Å²) in [5.74, 6) is -0.881. The molecule has 0 radical (unpaired) electrons. The van der Waals surface area contributed by atoms with Gasteiger partial charge in [-0.3, -0.25) is 4.79 Å². The quantitative estimate of drug-likeness (QED) is 0.817. The number of alkyl halides is 3. The van der Waals surface area contributed by atoms with Crippen LogP contribution in [0.5, 0.6) is 0 Å². The van der Waals surface area contributed by atoms with E-state index in [0.29, 0.717) is 6.42 Å². The SMILES string of the molecule is CN(C(=O)C1CC1c1ccccc1C(F)(F)F)c1ccccc1. The minimum absolute atomic E-state index is 0.141. The molecule has 0 heterocycles. The van der Waals surface area contributed by atoms with Gasteiger partial charge in [-0.2, -0.15) is 13.2 Å². The molecule has 2 aromatic rings. The lowest BCUT2D eigenvalue weighted by molar-refractivity contribution is -0.138. The van der Waals surface area contributed by atoms with E-state index in [1.54, 1.807) is 25.2 Å². The molecule has 1 aliphatic rings. The van der Waals surface area contributed by atoms with E-state index in [1.165, 1.54) is 17.0 Å². The van der Waals surface area contributed by atoms with Gasteiger partial charge in [-0.25, -0.2) is 0 Å². The average molecular weight is 319 g/mol. The summed E-state index contributed by atoms with van der Waals surface area (Å²) in [5.41, 5.74) is 0.328. The predicted molar refractivity (Wildman–Crippen MR) is 82.1 cm³/mol. The topological polar surface area (TPSA) is 20.3 Å². The molecule has 0 N–H and O–H groups in total. The second kappa shape index (κ2) is 5.72. The molecule has 5 heteroatoms. The van der Waals surface area contributed by atoms with Crippen LogP contribution in [0.3, 0.4) is 0 Å². The second-order valence-electron chi connectivity index (χ2n) is 5.77. The number of para-hydroxylation sites is 1. The summed E-state index contributed by atoms with van der Waals surface area (Å²) in [6.45, 7) is 0. The van der Waals surface area contributed by atoms with Gasteiger partial charge in [0.2, 0.25) is 5.91 Å². The molecular formula is C18H16F3NO. The Hall–Kier alpha value is -2.30. The summed E-state index contributed by atoms with van der Waals surface area (Å²) in [5, 5.41) is 0. The number of benzene rings is 2. The van der Waals surface area contributed by atoms with Gasteiger partial charge in [0.1, 0.15) is 0 Å². The Morgan fingerprint density at radius 1 is 1.04 bits per heavy atom. The largest absolute Gasteiger partial charge is 0.416 e. The third kappa shape index (κ3) is 3.09. The Morgan fingerprint density at radius 2 is 1.65 bits per heavy atom. The van der Waals surface area contributed by atoms with E-state index in [-0.39, 0.29) is 23.3 Å². The highest BCUT2D eigenvalue weighted by Crippen LogP contribution is 2.51. The van der Waals surface area contributed by atoms with Crippen LogP contribution in [0.15, 0.2) is 54.6 Å². The summed E-state index contributed by atoms with van der Waals surface area (Å²) >= 11 is 0. The van der Waals surface area contributed by atoms with Crippen molar-refractivity contribution in [2.45, 2.75) is 18.5 Å². The van der Waals surface area contributed by atoms with Crippen LogP contribution < -0.4 is 4.90 Å². The normalized spacial score (nSPS) is 20.2. The zero-order chi connectivity index (χ0) is 16.6. The molecule has 2 unspecified atom stereocenters. The van der Waals surface area contributed by atoms with Crippen molar-refractivity contribution in [2.75, 3.05) is 11.9 Å². The standard InChI is InChI=1S/C18H16F3NO/c1-22(12-7-3-2-4-8-12)17(23)15-11-14(15)13-9-5-6-10-16(13)18(19,20)21/h2-10,14-15H,11H2,1H3. The van der Waals surface area contributed by atoms with Crippen LogP contribution in [0, 0.1) is 5.92 Å². The smallest absolute Gasteiger partial charge is 0.315 e. The molecule has 2 nitrogen and oxygen atoms in total. The maximum absolute atomic E-state index is 13.1. The summed E-state index contributed by atoms with van der Waals surface area (Å²) in [6.07, 6.45) is -3.93. The van der Waals surface area contributed by atoms with E-state index >= 15 is 0 Å². The van der Waals surface area contributed by atoms with Gasteiger partial charge in [0.15, 0.2) is 0 Å². The lowest BCUT2D eigenvalue weighted by atomic mass is 10.0. The molecule has 0 saturated heterocycles. The molecule has 23 heavy (non-hydrogen) atoms. The Morgan fingerprint density at radius 3 is 2.30 bits per heavy atom. The highest BCUT2D eigenvalue weighted by molar-refractivity contribution is 5.97. The lowest BCUT2D eigenvalue weighted by Gasteiger charge is -2.18. The minimum Gasteiger partial charge on any atom is -0.315 e. The van der Waals surface area contributed by atoms with Crippen LogP contribution >= 0.6 is 0 Å². The Bertz CT molecular complexity index is 712. The highest BCUT2D eigenvalue weighted by atomic mass is 19.4. The van der Waals surface area contributed by atoms with Gasteiger partial charge < -0.3 is 4.90 Å². The van der Waals surface area contributed by atoms with Crippen LogP contribution in [0.4, 0.5) is 18.9 Å². The number of halogens is 3. The summed E-state index contributed by atoms with van der Waals surface area (Å²) < 4.78 is 39.3. The molecule has 1 fully saturated rings. The highest BCUT2D eigenvalue weighted by Gasteiger charge is 2.48. The molecule has 0 spiro atoms. The van der Waals surface area contributed by atoms with Gasteiger partial charge >= 0.3 is 6.18 Å². The molecule has 0 bridgehead atoms. The zero-order valence-electron chi connectivity index (χ0n) is 12.5. The van der Waals surface area contributed by atoms with Crippen molar-refractivity contribution in [3.05, 3.63) is 65.7 Å². The first-order valence-corrected chi connectivity index (χ1v) is 7.38. The lowest BCUT2D eigenvalue weighted by Crippen LogP contribution is -2.28. The third-order valence-electron chi connectivity index (χ3n) is 4.25. The maximum Gasteiger partial charge on any atom is 0.416 e. The first-order chi connectivity index (χ1) is 10.9.